The van der Waals surface area contributed by atoms with E-state index in [-0.39, 0.29) is 5.91 Å². The summed E-state index contributed by atoms with van der Waals surface area (Å²) >= 11 is 5.95. The Balaban J connectivity index is 2.06. The zero-order chi connectivity index (χ0) is 13.8. The molecule has 1 heterocycles. The van der Waals surface area contributed by atoms with E-state index in [0.29, 0.717) is 17.5 Å². The first kappa shape index (κ1) is 14.1. The Labute approximate surface area is 119 Å². The van der Waals surface area contributed by atoms with Gasteiger partial charge in [-0.3, -0.25) is 4.79 Å². The van der Waals surface area contributed by atoms with E-state index in [9.17, 15) is 4.79 Å². The molecule has 3 nitrogen and oxygen atoms in total. The van der Waals surface area contributed by atoms with Gasteiger partial charge in [-0.05, 0) is 49.1 Å². The fraction of sp³-hybridized carbons (Fsp3) is 0.400. The number of allylic oxidation sites excluding steroid dienone is 1. The first-order valence-corrected chi connectivity index (χ1v) is 6.91. The highest BCUT2D eigenvalue weighted by Crippen LogP contribution is 2.20. The second kappa shape index (κ2) is 6.22. The van der Waals surface area contributed by atoms with Crippen molar-refractivity contribution in [2.24, 2.45) is 11.7 Å². The van der Waals surface area contributed by atoms with Gasteiger partial charge in [0.05, 0.1) is 0 Å². The molecule has 2 N–H and O–H groups in total. The number of hydrogen-bond donors (Lipinski definition) is 1. The van der Waals surface area contributed by atoms with E-state index >= 15 is 0 Å². The largest absolute Gasteiger partial charge is 0.339 e. The summed E-state index contributed by atoms with van der Waals surface area (Å²) < 4.78 is 0. The quantitative estimate of drug-likeness (QED) is 0.864. The van der Waals surface area contributed by atoms with Crippen LogP contribution in [0.5, 0.6) is 0 Å². The lowest BCUT2D eigenvalue weighted by Crippen LogP contribution is -2.28. The number of rotatable bonds is 3. The first-order chi connectivity index (χ1) is 9.10. The minimum absolute atomic E-state index is 0.0634. The van der Waals surface area contributed by atoms with Gasteiger partial charge in [-0.25, -0.2) is 0 Å². The third-order valence-corrected chi connectivity index (χ3v) is 3.79. The topological polar surface area (TPSA) is 46.3 Å². The summed E-state index contributed by atoms with van der Waals surface area (Å²) in [5, 5.41) is 0.682. The SMILES string of the molecule is CC(=CC(=O)N1CCC(CN)C1)c1cccc(Cl)c1. The Morgan fingerprint density at radius 1 is 1.58 bits per heavy atom. The van der Waals surface area contributed by atoms with Crippen LogP contribution in [0.2, 0.25) is 5.02 Å². The van der Waals surface area contributed by atoms with Gasteiger partial charge < -0.3 is 10.6 Å². The molecular weight excluding hydrogens is 260 g/mol. The molecule has 1 aliphatic rings. The predicted molar refractivity (Wildman–Crippen MR) is 78.8 cm³/mol. The van der Waals surface area contributed by atoms with Crippen LogP contribution in [0.1, 0.15) is 18.9 Å². The lowest BCUT2D eigenvalue weighted by molar-refractivity contribution is -0.125. The van der Waals surface area contributed by atoms with Crippen molar-refractivity contribution in [3.05, 3.63) is 40.9 Å². The molecule has 1 aromatic rings. The van der Waals surface area contributed by atoms with Crippen molar-refractivity contribution in [3.8, 4) is 0 Å². The van der Waals surface area contributed by atoms with Gasteiger partial charge in [0, 0.05) is 24.2 Å². The number of amides is 1. The van der Waals surface area contributed by atoms with Crippen LogP contribution in [0.15, 0.2) is 30.3 Å². The Morgan fingerprint density at radius 2 is 2.37 bits per heavy atom. The number of nitrogens with two attached hydrogens (primary N) is 1. The molecule has 0 bridgehead atoms. The molecule has 1 aliphatic heterocycles. The van der Waals surface area contributed by atoms with E-state index < -0.39 is 0 Å². The first-order valence-electron chi connectivity index (χ1n) is 6.53. The molecule has 19 heavy (non-hydrogen) atoms. The van der Waals surface area contributed by atoms with E-state index in [4.69, 9.17) is 17.3 Å². The maximum atomic E-state index is 12.2. The fourth-order valence-corrected chi connectivity index (χ4v) is 2.51. The summed E-state index contributed by atoms with van der Waals surface area (Å²) in [5.74, 6) is 0.511. The van der Waals surface area contributed by atoms with E-state index in [1.807, 2.05) is 36.1 Å². The number of hydrogen-bond acceptors (Lipinski definition) is 2. The van der Waals surface area contributed by atoms with Crippen LogP contribution in [-0.2, 0) is 4.79 Å². The molecule has 1 fully saturated rings. The molecule has 0 aromatic heterocycles. The van der Waals surface area contributed by atoms with Crippen LogP contribution in [0.25, 0.3) is 5.57 Å². The van der Waals surface area contributed by atoms with Gasteiger partial charge >= 0.3 is 0 Å². The minimum atomic E-state index is 0.0634. The highest BCUT2D eigenvalue weighted by molar-refractivity contribution is 6.30. The molecule has 102 valence electrons. The Morgan fingerprint density at radius 3 is 3.00 bits per heavy atom. The highest BCUT2D eigenvalue weighted by atomic mass is 35.5. The molecule has 2 rings (SSSR count). The second-order valence-corrected chi connectivity index (χ2v) is 5.45. The van der Waals surface area contributed by atoms with Gasteiger partial charge in [0.25, 0.3) is 0 Å². The molecule has 0 spiro atoms. The monoisotopic (exact) mass is 278 g/mol. The predicted octanol–water partition coefficient (Wildman–Crippen LogP) is 2.55. The van der Waals surface area contributed by atoms with Crippen LogP contribution < -0.4 is 5.73 Å². The lowest BCUT2D eigenvalue weighted by Gasteiger charge is -2.14. The lowest BCUT2D eigenvalue weighted by atomic mass is 10.1. The smallest absolute Gasteiger partial charge is 0.246 e. The maximum Gasteiger partial charge on any atom is 0.246 e. The molecule has 1 amide bonds. The molecule has 1 aromatic carbocycles. The van der Waals surface area contributed by atoms with E-state index in [0.717, 1.165) is 30.6 Å². The normalized spacial score (nSPS) is 19.8. The summed E-state index contributed by atoms with van der Waals surface area (Å²) in [6.45, 7) is 4.16. The van der Waals surface area contributed by atoms with Gasteiger partial charge in [0.2, 0.25) is 5.91 Å². The van der Waals surface area contributed by atoms with Gasteiger partial charge in [0.1, 0.15) is 0 Å². The summed E-state index contributed by atoms with van der Waals surface area (Å²) in [5.41, 5.74) is 7.55. The van der Waals surface area contributed by atoms with Crippen LogP contribution in [0.4, 0.5) is 0 Å². The van der Waals surface area contributed by atoms with E-state index in [1.54, 1.807) is 6.08 Å². The van der Waals surface area contributed by atoms with E-state index in [2.05, 4.69) is 0 Å². The molecular formula is C15H19ClN2O. The van der Waals surface area contributed by atoms with Crippen molar-refractivity contribution in [1.82, 2.24) is 4.90 Å². The summed E-state index contributed by atoms with van der Waals surface area (Å²) in [6, 6.07) is 7.54. The summed E-state index contributed by atoms with van der Waals surface area (Å²) in [4.78, 5) is 14.0. The maximum absolute atomic E-state index is 12.2. The Bertz CT molecular complexity index is 499. The standard InChI is InChI=1S/C15H19ClN2O/c1-11(13-3-2-4-14(16)8-13)7-15(19)18-6-5-12(9-17)10-18/h2-4,7-8,12H,5-6,9-10,17H2,1H3. The molecule has 0 aliphatic carbocycles. The summed E-state index contributed by atoms with van der Waals surface area (Å²) in [6.07, 6.45) is 2.69. The molecule has 1 atom stereocenters. The van der Waals surface area contributed by atoms with Crippen molar-refractivity contribution in [2.45, 2.75) is 13.3 Å². The van der Waals surface area contributed by atoms with Gasteiger partial charge in [-0.1, -0.05) is 23.7 Å². The fourth-order valence-electron chi connectivity index (χ4n) is 2.32. The molecule has 1 unspecified atom stereocenters. The van der Waals surface area contributed by atoms with Gasteiger partial charge in [-0.15, -0.1) is 0 Å². The molecule has 0 radical (unpaired) electrons. The zero-order valence-corrected chi connectivity index (χ0v) is 11.9. The van der Waals surface area contributed by atoms with Gasteiger partial charge in [-0.2, -0.15) is 0 Å². The average Bonchev–Trinajstić information content (AvgIpc) is 2.87. The third-order valence-electron chi connectivity index (χ3n) is 3.55. The van der Waals surface area contributed by atoms with Crippen molar-refractivity contribution in [3.63, 3.8) is 0 Å². The van der Waals surface area contributed by atoms with Gasteiger partial charge in [0.15, 0.2) is 0 Å². The number of halogens is 1. The molecule has 0 saturated carbocycles. The molecule has 1 saturated heterocycles. The number of benzene rings is 1. The number of carbonyl (C=O) groups is 1. The highest BCUT2D eigenvalue weighted by Gasteiger charge is 2.23. The van der Waals surface area contributed by atoms with Crippen molar-refractivity contribution in [1.29, 1.82) is 0 Å². The summed E-state index contributed by atoms with van der Waals surface area (Å²) in [7, 11) is 0. The van der Waals surface area contributed by atoms with Crippen molar-refractivity contribution < 1.29 is 4.79 Å². The zero-order valence-electron chi connectivity index (χ0n) is 11.1. The van der Waals surface area contributed by atoms with Crippen LogP contribution in [0, 0.1) is 5.92 Å². The molecule has 4 heteroatoms. The number of carbonyl (C=O) groups excluding carboxylic acids is 1. The van der Waals surface area contributed by atoms with Crippen LogP contribution >= 0.6 is 11.6 Å². The minimum Gasteiger partial charge on any atom is -0.339 e. The average molecular weight is 279 g/mol. The van der Waals surface area contributed by atoms with Crippen LogP contribution in [-0.4, -0.2) is 30.4 Å². The van der Waals surface area contributed by atoms with E-state index in [1.165, 1.54) is 0 Å². The Hall–Kier alpha value is -1.32. The number of nitrogens with zero attached hydrogens (tertiary/aromatic N) is 1. The second-order valence-electron chi connectivity index (χ2n) is 5.01. The van der Waals surface area contributed by atoms with Crippen molar-refractivity contribution in [2.75, 3.05) is 19.6 Å². The van der Waals surface area contributed by atoms with Crippen LogP contribution in [0.3, 0.4) is 0 Å². The van der Waals surface area contributed by atoms with Crippen molar-refractivity contribution >= 4 is 23.1 Å². The number of likely N-dealkylation sites (tertiary alicyclic amines) is 1. The Kier molecular flexibility index (Phi) is 4.61. The third kappa shape index (κ3) is 3.58.